The molecular weight excluding hydrogens is 410 g/mol. The monoisotopic (exact) mass is 437 g/mol. The molecule has 0 heterocycles. The third-order valence-corrected chi connectivity index (χ3v) is 6.97. The minimum Gasteiger partial charge on any atom is -0.310 e. The van der Waals surface area contributed by atoms with Crippen molar-refractivity contribution in [1.29, 1.82) is 0 Å². The molecule has 0 spiro atoms. The molecule has 34 heavy (non-hydrogen) atoms. The van der Waals surface area contributed by atoms with Gasteiger partial charge in [0.2, 0.25) is 0 Å². The molecule has 0 bridgehead atoms. The molecule has 0 unspecified atom stereocenters. The molecule has 1 nitrogen and oxygen atoms in total. The highest BCUT2D eigenvalue weighted by Crippen LogP contribution is 2.40. The number of benzene rings is 5. The van der Waals surface area contributed by atoms with E-state index in [1.165, 1.54) is 49.8 Å². The lowest BCUT2D eigenvalue weighted by molar-refractivity contribution is 1.25. The van der Waals surface area contributed by atoms with Crippen molar-refractivity contribution in [3.05, 3.63) is 131 Å². The Labute approximate surface area is 201 Å². The molecule has 164 valence electrons. The van der Waals surface area contributed by atoms with E-state index in [-0.39, 0.29) is 0 Å². The van der Waals surface area contributed by atoms with Gasteiger partial charge < -0.3 is 4.90 Å². The quantitative estimate of drug-likeness (QED) is 0.271. The standard InChI is InChI=1S/C33H27N/c1-23-11-6-7-20-32(23)34(28-16-4-3-5-17-28)29-18-9-14-26(21-29)31-22-27-15-8-12-25-13-10-19-30(24(31)2)33(25)27/h3-11,13-22H,12H2,1-2H3. The second kappa shape index (κ2) is 8.35. The number of hydrogen-bond acceptors (Lipinski definition) is 1. The van der Waals surface area contributed by atoms with Gasteiger partial charge in [-0.05, 0) is 101 Å². The third-order valence-electron chi connectivity index (χ3n) is 6.97. The minimum atomic E-state index is 1.01. The van der Waals surface area contributed by atoms with Gasteiger partial charge in [0, 0.05) is 17.1 Å². The van der Waals surface area contributed by atoms with E-state index in [9.17, 15) is 0 Å². The van der Waals surface area contributed by atoms with Crippen LogP contribution in [0.1, 0.15) is 22.3 Å². The van der Waals surface area contributed by atoms with Gasteiger partial charge >= 0.3 is 0 Å². The molecule has 0 saturated heterocycles. The summed E-state index contributed by atoms with van der Waals surface area (Å²) in [5.41, 5.74) is 11.4. The first kappa shape index (κ1) is 20.5. The van der Waals surface area contributed by atoms with E-state index < -0.39 is 0 Å². The molecule has 1 aliphatic rings. The molecule has 0 radical (unpaired) electrons. The van der Waals surface area contributed by atoms with E-state index in [4.69, 9.17) is 0 Å². The molecule has 0 amide bonds. The molecule has 1 heteroatoms. The van der Waals surface area contributed by atoms with Crippen LogP contribution in [0.3, 0.4) is 0 Å². The van der Waals surface area contributed by atoms with E-state index in [2.05, 4.69) is 134 Å². The topological polar surface area (TPSA) is 3.24 Å². The van der Waals surface area contributed by atoms with Gasteiger partial charge in [-0.15, -0.1) is 0 Å². The lowest BCUT2D eigenvalue weighted by Crippen LogP contribution is -2.11. The zero-order valence-corrected chi connectivity index (χ0v) is 19.6. The highest BCUT2D eigenvalue weighted by atomic mass is 15.1. The largest absolute Gasteiger partial charge is 0.310 e. The van der Waals surface area contributed by atoms with Crippen LogP contribution >= 0.6 is 0 Å². The van der Waals surface area contributed by atoms with Gasteiger partial charge in [0.05, 0.1) is 0 Å². The average Bonchev–Trinajstić information content (AvgIpc) is 2.88. The van der Waals surface area contributed by atoms with E-state index in [1.54, 1.807) is 0 Å². The Morgan fingerprint density at radius 3 is 2.29 bits per heavy atom. The molecule has 5 aromatic rings. The van der Waals surface area contributed by atoms with Crippen molar-refractivity contribution in [3.8, 4) is 11.1 Å². The fourth-order valence-corrected chi connectivity index (χ4v) is 5.28. The summed E-state index contributed by atoms with van der Waals surface area (Å²) in [6.07, 6.45) is 5.58. The number of allylic oxidation sites excluding steroid dienone is 1. The number of rotatable bonds is 4. The highest BCUT2D eigenvalue weighted by molar-refractivity contribution is 6.01. The SMILES string of the molecule is Cc1ccccc1N(c1ccccc1)c1cccc(-c2cc3c4c(cccc4c2C)CC=C3)c1. The maximum atomic E-state index is 2.37. The van der Waals surface area contributed by atoms with Crippen molar-refractivity contribution >= 4 is 33.9 Å². The normalized spacial score (nSPS) is 12.2. The van der Waals surface area contributed by atoms with Crippen LogP contribution in [0.4, 0.5) is 17.1 Å². The summed E-state index contributed by atoms with van der Waals surface area (Å²) in [6, 6.07) is 37.3. The first-order valence-corrected chi connectivity index (χ1v) is 11.9. The van der Waals surface area contributed by atoms with E-state index in [1.807, 2.05) is 0 Å². The Bertz CT molecular complexity index is 1540. The first-order valence-electron chi connectivity index (χ1n) is 11.9. The van der Waals surface area contributed by atoms with Gasteiger partial charge in [-0.3, -0.25) is 0 Å². The second-order valence-electron chi connectivity index (χ2n) is 9.09. The summed E-state index contributed by atoms with van der Waals surface area (Å²) in [4.78, 5) is 2.36. The van der Waals surface area contributed by atoms with Gasteiger partial charge in [-0.1, -0.05) is 78.9 Å². The van der Waals surface area contributed by atoms with Gasteiger partial charge in [0.15, 0.2) is 0 Å². The van der Waals surface area contributed by atoms with Gasteiger partial charge in [-0.2, -0.15) is 0 Å². The molecule has 5 aromatic carbocycles. The molecular formula is C33H27N. The number of anilines is 3. The highest BCUT2D eigenvalue weighted by Gasteiger charge is 2.17. The van der Waals surface area contributed by atoms with E-state index >= 15 is 0 Å². The molecule has 0 atom stereocenters. The van der Waals surface area contributed by atoms with Gasteiger partial charge in [0.25, 0.3) is 0 Å². The van der Waals surface area contributed by atoms with Gasteiger partial charge in [-0.25, -0.2) is 0 Å². The predicted molar refractivity (Wildman–Crippen MR) is 146 cm³/mol. The minimum absolute atomic E-state index is 1.01. The van der Waals surface area contributed by atoms with Crippen LogP contribution in [-0.4, -0.2) is 0 Å². The van der Waals surface area contributed by atoms with Crippen molar-refractivity contribution in [2.45, 2.75) is 20.3 Å². The van der Waals surface area contributed by atoms with Crippen LogP contribution in [0, 0.1) is 13.8 Å². The van der Waals surface area contributed by atoms with Crippen LogP contribution < -0.4 is 4.90 Å². The van der Waals surface area contributed by atoms with E-state index in [0.29, 0.717) is 0 Å². The fraction of sp³-hybridized carbons (Fsp3) is 0.0909. The summed E-state index contributed by atoms with van der Waals surface area (Å²) >= 11 is 0. The first-order chi connectivity index (χ1) is 16.7. The molecule has 0 aliphatic heterocycles. The van der Waals surface area contributed by atoms with Gasteiger partial charge in [0.1, 0.15) is 0 Å². The lowest BCUT2D eigenvalue weighted by atomic mass is 9.86. The summed E-state index contributed by atoms with van der Waals surface area (Å²) in [5, 5.41) is 2.77. The van der Waals surface area contributed by atoms with Crippen LogP contribution in [0.25, 0.3) is 28.0 Å². The van der Waals surface area contributed by atoms with Crippen molar-refractivity contribution in [2.24, 2.45) is 0 Å². The van der Waals surface area contributed by atoms with Crippen LogP contribution in [0.5, 0.6) is 0 Å². The molecule has 0 fully saturated rings. The molecule has 0 N–H and O–H groups in total. The number of hydrogen-bond donors (Lipinski definition) is 0. The maximum Gasteiger partial charge on any atom is 0.0490 e. The second-order valence-corrected chi connectivity index (χ2v) is 9.09. The summed E-state index contributed by atoms with van der Waals surface area (Å²) in [5.74, 6) is 0. The Hall–Kier alpha value is -4.10. The van der Waals surface area contributed by atoms with Crippen molar-refractivity contribution < 1.29 is 0 Å². The molecule has 1 aliphatic carbocycles. The zero-order valence-electron chi connectivity index (χ0n) is 19.6. The lowest BCUT2D eigenvalue weighted by Gasteiger charge is -2.27. The van der Waals surface area contributed by atoms with Crippen molar-refractivity contribution in [2.75, 3.05) is 4.90 Å². The molecule has 6 rings (SSSR count). The Morgan fingerprint density at radius 1 is 0.676 bits per heavy atom. The zero-order chi connectivity index (χ0) is 23.1. The Morgan fingerprint density at radius 2 is 1.44 bits per heavy atom. The Balaban J connectivity index is 1.55. The number of nitrogens with zero attached hydrogens (tertiary/aromatic N) is 1. The number of para-hydroxylation sites is 2. The third kappa shape index (κ3) is 3.41. The Kier molecular flexibility index (Phi) is 5.04. The van der Waals surface area contributed by atoms with Crippen LogP contribution in [-0.2, 0) is 6.42 Å². The smallest absolute Gasteiger partial charge is 0.0490 e. The fourth-order valence-electron chi connectivity index (χ4n) is 5.28. The summed E-state index contributed by atoms with van der Waals surface area (Å²) in [6.45, 7) is 4.44. The molecule has 0 saturated carbocycles. The van der Waals surface area contributed by atoms with Crippen molar-refractivity contribution in [1.82, 2.24) is 0 Å². The predicted octanol–water partition coefficient (Wildman–Crippen LogP) is 9.16. The average molecular weight is 438 g/mol. The summed E-state index contributed by atoms with van der Waals surface area (Å²) in [7, 11) is 0. The molecule has 0 aromatic heterocycles. The van der Waals surface area contributed by atoms with E-state index in [0.717, 1.165) is 17.8 Å². The maximum absolute atomic E-state index is 2.37. The number of aryl methyl sites for hydroxylation is 2. The van der Waals surface area contributed by atoms with Crippen molar-refractivity contribution in [3.63, 3.8) is 0 Å². The van der Waals surface area contributed by atoms with Crippen LogP contribution in [0.2, 0.25) is 0 Å². The summed E-state index contributed by atoms with van der Waals surface area (Å²) < 4.78 is 0. The van der Waals surface area contributed by atoms with Crippen LogP contribution in [0.15, 0.2) is 109 Å².